The second kappa shape index (κ2) is 11.3. The summed E-state index contributed by atoms with van der Waals surface area (Å²) in [5, 5.41) is 2.67. The highest BCUT2D eigenvalue weighted by molar-refractivity contribution is 5.83. The molecule has 5 heteroatoms. The Kier molecular flexibility index (Phi) is 10.5. The molecule has 0 aliphatic carbocycles. The molecular weight excluding hydrogens is 222 g/mol. The molecule has 1 N–H and O–H groups in total. The zero-order valence-corrected chi connectivity index (χ0v) is 10.4. The molecule has 0 aliphatic rings. The van der Waals surface area contributed by atoms with Gasteiger partial charge in [-0.05, 0) is 6.92 Å². The fraction of sp³-hybridized carbons (Fsp3) is 0.667. The van der Waals surface area contributed by atoms with Crippen LogP contribution in [0.25, 0.3) is 0 Å². The molecular formula is C12H21NO4. The van der Waals surface area contributed by atoms with Crippen LogP contribution in [0.4, 0.5) is 0 Å². The van der Waals surface area contributed by atoms with E-state index in [1.807, 2.05) is 0 Å². The number of rotatable bonds is 11. The van der Waals surface area contributed by atoms with Crippen molar-refractivity contribution in [2.24, 2.45) is 0 Å². The van der Waals surface area contributed by atoms with E-state index < -0.39 is 0 Å². The largest absolute Gasteiger partial charge is 0.377 e. The fourth-order valence-electron chi connectivity index (χ4n) is 1.03. The molecule has 0 saturated heterocycles. The van der Waals surface area contributed by atoms with Crippen LogP contribution in [0, 0.1) is 0 Å². The maximum Gasteiger partial charge on any atom is 0.220 e. The first-order valence-electron chi connectivity index (χ1n) is 5.69. The van der Waals surface area contributed by atoms with Crippen molar-refractivity contribution in [3.63, 3.8) is 0 Å². The van der Waals surface area contributed by atoms with Crippen LogP contribution in [-0.2, 0) is 19.1 Å². The van der Waals surface area contributed by atoms with Gasteiger partial charge in [0, 0.05) is 19.4 Å². The van der Waals surface area contributed by atoms with Crippen LogP contribution in [0.2, 0.25) is 0 Å². The second-order valence-electron chi connectivity index (χ2n) is 3.53. The minimum atomic E-state index is -0.119. The van der Waals surface area contributed by atoms with Gasteiger partial charge in [-0.25, -0.2) is 0 Å². The Morgan fingerprint density at radius 1 is 1.18 bits per heavy atom. The van der Waals surface area contributed by atoms with Crippen LogP contribution in [0.3, 0.4) is 0 Å². The summed E-state index contributed by atoms with van der Waals surface area (Å²) >= 11 is 0. The van der Waals surface area contributed by atoms with Crippen molar-refractivity contribution in [3.8, 4) is 0 Å². The zero-order chi connectivity index (χ0) is 12.9. The van der Waals surface area contributed by atoms with Gasteiger partial charge in [0.25, 0.3) is 0 Å². The molecule has 98 valence electrons. The smallest absolute Gasteiger partial charge is 0.220 e. The lowest BCUT2D eigenvalue weighted by atomic mass is 10.2. The summed E-state index contributed by atoms with van der Waals surface area (Å²) < 4.78 is 10.3. The van der Waals surface area contributed by atoms with Crippen molar-refractivity contribution in [3.05, 3.63) is 12.7 Å². The number of nitrogens with one attached hydrogen (secondary N) is 1. The van der Waals surface area contributed by atoms with Gasteiger partial charge in [-0.3, -0.25) is 4.79 Å². The van der Waals surface area contributed by atoms with Crippen LogP contribution in [0.15, 0.2) is 12.7 Å². The van der Waals surface area contributed by atoms with Crippen LogP contribution < -0.4 is 5.32 Å². The Labute approximate surface area is 102 Å². The van der Waals surface area contributed by atoms with E-state index in [9.17, 15) is 9.59 Å². The summed E-state index contributed by atoms with van der Waals surface area (Å²) in [5.74, 6) is -0.0949. The molecule has 0 aromatic heterocycles. The molecule has 1 amide bonds. The van der Waals surface area contributed by atoms with E-state index in [4.69, 9.17) is 9.47 Å². The number of ether oxygens (including phenoxy) is 2. The molecule has 0 fully saturated rings. The van der Waals surface area contributed by atoms with Crippen molar-refractivity contribution in [1.82, 2.24) is 5.32 Å². The predicted octanol–water partition coefficient (Wildman–Crippen LogP) is 0.691. The highest BCUT2D eigenvalue weighted by Gasteiger charge is 2.02. The minimum Gasteiger partial charge on any atom is -0.377 e. The van der Waals surface area contributed by atoms with Gasteiger partial charge < -0.3 is 19.6 Å². The highest BCUT2D eigenvalue weighted by atomic mass is 16.5. The van der Waals surface area contributed by atoms with E-state index >= 15 is 0 Å². The molecule has 0 bridgehead atoms. The molecule has 0 unspecified atom stereocenters. The number of carbonyl (C=O) groups excluding carboxylic acids is 2. The molecule has 17 heavy (non-hydrogen) atoms. The molecule has 0 aliphatic heterocycles. The van der Waals surface area contributed by atoms with Crippen molar-refractivity contribution in [1.29, 1.82) is 0 Å². The SMILES string of the molecule is C=CCOCCOCCNC(=O)CCC(C)=O. The summed E-state index contributed by atoms with van der Waals surface area (Å²) in [5.41, 5.74) is 0. The first kappa shape index (κ1) is 15.8. The van der Waals surface area contributed by atoms with Crippen LogP contribution in [0.1, 0.15) is 19.8 Å². The van der Waals surface area contributed by atoms with Crippen molar-refractivity contribution in [2.75, 3.05) is 33.0 Å². The standard InChI is InChI=1S/C12H21NO4/c1-3-7-16-9-10-17-8-6-13-12(15)5-4-11(2)14/h3H,1,4-10H2,2H3,(H,13,15). The number of hydrogen-bond donors (Lipinski definition) is 1. The monoisotopic (exact) mass is 243 g/mol. The predicted molar refractivity (Wildman–Crippen MR) is 64.8 cm³/mol. The van der Waals surface area contributed by atoms with Crippen LogP contribution in [-0.4, -0.2) is 44.7 Å². The summed E-state index contributed by atoms with van der Waals surface area (Å²) in [6.45, 7) is 7.43. The van der Waals surface area contributed by atoms with E-state index in [1.165, 1.54) is 6.92 Å². The Hall–Kier alpha value is -1.20. The minimum absolute atomic E-state index is 0.0239. The summed E-state index contributed by atoms with van der Waals surface area (Å²) in [6.07, 6.45) is 2.22. The topological polar surface area (TPSA) is 64.6 Å². The number of hydrogen-bond acceptors (Lipinski definition) is 4. The molecule has 0 atom stereocenters. The lowest BCUT2D eigenvalue weighted by molar-refractivity contribution is -0.124. The third-order valence-electron chi connectivity index (χ3n) is 1.88. The molecule has 0 saturated carbocycles. The number of Topliss-reactive ketones (excluding diaryl/α,β-unsaturated/α-hetero) is 1. The van der Waals surface area contributed by atoms with Gasteiger partial charge in [-0.2, -0.15) is 0 Å². The molecule has 0 rings (SSSR count). The Morgan fingerprint density at radius 2 is 1.88 bits per heavy atom. The quantitative estimate of drug-likeness (QED) is 0.428. The zero-order valence-electron chi connectivity index (χ0n) is 10.4. The summed E-state index contributed by atoms with van der Waals surface area (Å²) in [6, 6.07) is 0. The fourth-order valence-corrected chi connectivity index (χ4v) is 1.03. The van der Waals surface area contributed by atoms with Gasteiger partial charge in [0.1, 0.15) is 5.78 Å². The Balaban J connectivity index is 3.19. The Morgan fingerprint density at radius 3 is 2.53 bits per heavy atom. The van der Waals surface area contributed by atoms with Gasteiger partial charge in [0.2, 0.25) is 5.91 Å². The third kappa shape index (κ3) is 12.7. The molecule has 0 radical (unpaired) electrons. The van der Waals surface area contributed by atoms with E-state index in [0.29, 0.717) is 39.4 Å². The number of carbonyl (C=O) groups is 2. The van der Waals surface area contributed by atoms with Crippen molar-refractivity contribution >= 4 is 11.7 Å². The lowest BCUT2D eigenvalue weighted by Gasteiger charge is -2.06. The third-order valence-corrected chi connectivity index (χ3v) is 1.88. The first-order valence-corrected chi connectivity index (χ1v) is 5.69. The molecule has 0 aromatic rings. The van der Waals surface area contributed by atoms with Crippen molar-refractivity contribution in [2.45, 2.75) is 19.8 Å². The van der Waals surface area contributed by atoms with Gasteiger partial charge in [0.05, 0.1) is 26.4 Å². The Bertz CT molecular complexity index is 241. The maximum atomic E-state index is 11.2. The normalized spacial score (nSPS) is 9.94. The average Bonchev–Trinajstić information content (AvgIpc) is 2.30. The molecule has 0 heterocycles. The molecule has 5 nitrogen and oxygen atoms in total. The first-order chi connectivity index (χ1) is 8.16. The number of amides is 1. The van der Waals surface area contributed by atoms with Gasteiger partial charge >= 0.3 is 0 Å². The van der Waals surface area contributed by atoms with Crippen LogP contribution in [0.5, 0.6) is 0 Å². The van der Waals surface area contributed by atoms with Crippen LogP contribution >= 0.6 is 0 Å². The van der Waals surface area contributed by atoms with Gasteiger partial charge in [0.15, 0.2) is 0 Å². The van der Waals surface area contributed by atoms with E-state index in [2.05, 4.69) is 11.9 Å². The maximum absolute atomic E-state index is 11.2. The summed E-state index contributed by atoms with van der Waals surface area (Å²) in [7, 11) is 0. The van der Waals surface area contributed by atoms with E-state index in [-0.39, 0.29) is 18.1 Å². The summed E-state index contributed by atoms with van der Waals surface area (Å²) in [4.78, 5) is 21.8. The second-order valence-corrected chi connectivity index (χ2v) is 3.53. The molecule has 0 spiro atoms. The lowest BCUT2D eigenvalue weighted by Crippen LogP contribution is -2.27. The number of ketones is 1. The highest BCUT2D eigenvalue weighted by Crippen LogP contribution is 1.89. The van der Waals surface area contributed by atoms with Crippen molar-refractivity contribution < 1.29 is 19.1 Å². The van der Waals surface area contributed by atoms with Gasteiger partial charge in [-0.15, -0.1) is 6.58 Å². The molecule has 0 aromatic carbocycles. The van der Waals surface area contributed by atoms with E-state index in [0.717, 1.165) is 0 Å². The van der Waals surface area contributed by atoms with E-state index in [1.54, 1.807) is 6.08 Å². The van der Waals surface area contributed by atoms with Gasteiger partial charge in [-0.1, -0.05) is 6.08 Å². The average molecular weight is 243 g/mol.